The molecule has 1 fully saturated rings. The van der Waals surface area contributed by atoms with Crippen LogP contribution >= 0.6 is 11.6 Å². The van der Waals surface area contributed by atoms with E-state index in [9.17, 15) is 26.8 Å². The lowest BCUT2D eigenvalue weighted by Gasteiger charge is -2.26. The normalized spacial score (nSPS) is 22.1. The molecule has 0 aromatic carbocycles. The third-order valence-corrected chi connectivity index (χ3v) is 4.66. The number of rotatable bonds is 5. The minimum Gasteiger partial charge on any atom is -0.326 e. The molecule has 104 valence electrons. The molecule has 1 aliphatic heterocycles. The van der Waals surface area contributed by atoms with Crippen molar-refractivity contribution >= 4 is 33.1 Å². The Hall–Kier alpha value is -0.760. The summed E-state index contributed by atoms with van der Waals surface area (Å²) in [7, 11) is -3.33. The van der Waals surface area contributed by atoms with Crippen molar-refractivity contribution in [2.75, 3.05) is 23.9 Å². The largest absolute Gasteiger partial charge is 0.326 e. The van der Waals surface area contributed by atoms with E-state index in [1.54, 1.807) is 0 Å². The first-order valence-corrected chi connectivity index (χ1v) is 7.49. The first-order valence-electron chi connectivity index (χ1n) is 5.13. The summed E-state index contributed by atoms with van der Waals surface area (Å²) in [5.74, 6) is -3.10. The van der Waals surface area contributed by atoms with E-state index in [-0.39, 0.29) is 17.9 Å². The van der Waals surface area contributed by atoms with E-state index >= 15 is 0 Å². The molecule has 1 atom stereocenters. The highest BCUT2D eigenvalue weighted by Gasteiger charge is 2.37. The molecule has 0 radical (unpaired) electrons. The van der Waals surface area contributed by atoms with Crippen molar-refractivity contribution < 1.29 is 26.8 Å². The monoisotopic (exact) mass is 303 g/mol. The van der Waals surface area contributed by atoms with E-state index in [0.717, 1.165) is 0 Å². The van der Waals surface area contributed by atoms with Gasteiger partial charge in [-0.25, -0.2) is 8.42 Å². The molecule has 1 unspecified atom stereocenters. The molecule has 1 amide bonds. The van der Waals surface area contributed by atoms with E-state index in [0.29, 0.717) is 4.90 Å². The second kappa shape index (κ2) is 5.92. The summed E-state index contributed by atoms with van der Waals surface area (Å²) in [5, 5.41) is 0. The van der Waals surface area contributed by atoms with Crippen molar-refractivity contribution in [3.05, 3.63) is 0 Å². The first kappa shape index (κ1) is 15.3. The van der Waals surface area contributed by atoms with Gasteiger partial charge in [-0.05, 0) is 6.42 Å². The quantitative estimate of drug-likeness (QED) is 0.674. The smallest absolute Gasteiger partial charge is 0.315 e. The lowest BCUT2D eigenvalue weighted by molar-refractivity contribution is -0.146. The maximum atomic E-state index is 12.4. The van der Waals surface area contributed by atoms with Crippen molar-refractivity contribution in [3.8, 4) is 0 Å². The molecule has 1 heterocycles. The third kappa shape index (κ3) is 3.88. The van der Waals surface area contributed by atoms with Gasteiger partial charge in [-0.1, -0.05) is 0 Å². The van der Waals surface area contributed by atoms with E-state index in [2.05, 4.69) is 0 Å². The minimum absolute atomic E-state index is 0.0658. The molecule has 9 heteroatoms. The van der Waals surface area contributed by atoms with Gasteiger partial charge in [0.15, 0.2) is 15.6 Å². The number of Topliss-reactive ketones (excluding diaryl/α,β-unsaturated/α-hetero) is 1. The van der Waals surface area contributed by atoms with Crippen LogP contribution in [0, 0.1) is 0 Å². The highest BCUT2D eigenvalue weighted by molar-refractivity contribution is 7.91. The van der Waals surface area contributed by atoms with Crippen molar-refractivity contribution in [2.45, 2.75) is 18.9 Å². The number of ketones is 1. The number of sulfone groups is 1. The minimum atomic E-state index is -3.33. The van der Waals surface area contributed by atoms with Crippen LogP contribution in [0.3, 0.4) is 0 Å². The molecule has 0 aromatic heterocycles. The Morgan fingerprint density at radius 1 is 1.39 bits per heavy atom. The fraction of sp³-hybridized carbons (Fsp3) is 0.778. The molecule has 0 N–H and O–H groups in total. The fourth-order valence-corrected chi connectivity index (χ4v) is 3.58. The summed E-state index contributed by atoms with van der Waals surface area (Å²) >= 11 is 5.25. The van der Waals surface area contributed by atoms with Crippen LogP contribution in [0.2, 0.25) is 0 Å². The van der Waals surface area contributed by atoms with Crippen LogP contribution in [0.5, 0.6) is 0 Å². The summed E-state index contributed by atoms with van der Waals surface area (Å²) in [6, 6.07) is -0.872. The van der Waals surface area contributed by atoms with Crippen molar-refractivity contribution in [3.63, 3.8) is 0 Å². The number of hydrogen-bond acceptors (Lipinski definition) is 4. The predicted molar refractivity (Wildman–Crippen MR) is 60.5 cm³/mol. The topological polar surface area (TPSA) is 71.5 Å². The molecule has 0 spiro atoms. The standard InChI is InChI=1S/C9H12ClF2NO4S/c10-3-7(14)4-13(9(15)8(11)12)6-1-2-18(16,17)5-6/h6,8H,1-5H2. The number of alkyl halides is 3. The van der Waals surface area contributed by atoms with Crippen molar-refractivity contribution in [2.24, 2.45) is 0 Å². The van der Waals surface area contributed by atoms with Crippen molar-refractivity contribution in [1.29, 1.82) is 0 Å². The van der Waals surface area contributed by atoms with Gasteiger partial charge >= 0.3 is 6.43 Å². The van der Waals surface area contributed by atoms with Crippen LogP contribution in [0.4, 0.5) is 8.78 Å². The van der Waals surface area contributed by atoms with Gasteiger partial charge in [-0.2, -0.15) is 8.78 Å². The molecular formula is C9H12ClF2NO4S. The number of carbonyl (C=O) groups is 2. The molecular weight excluding hydrogens is 292 g/mol. The molecule has 5 nitrogen and oxygen atoms in total. The van der Waals surface area contributed by atoms with E-state index < -0.39 is 46.4 Å². The van der Waals surface area contributed by atoms with E-state index in [1.807, 2.05) is 0 Å². The number of hydrogen-bond donors (Lipinski definition) is 0. The summed E-state index contributed by atoms with van der Waals surface area (Å²) in [4.78, 5) is 23.1. The van der Waals surface area contributed by atoms with Crippen LogP contribution < -0.4 is 0 Å². The Bertz CT molecular complexity index is 440. The summed E-state index contributed by atoms with van der Waals surface area (Å²) < 4.78 is 47.3. The molecule has 1 saturated heterocycles. The highest BCUT2D eigenvalue weighted by atomic mass is 35.5. The van der Waals surface area contributed by atoms with E-state index in [1.165, 1.54) is 0 Å². The second-order valence-corrected chi connectivity index (χ2v) is 6.49. The van der Waals surface area contributed by atoms with Gasteiger partial charge in [0, 0.05) is 6.04 Å². The Morgan fingerprint density at radius 3 is 2.39 bits per heavy atom. The van der Waals surface area contributed by atoms with Gasteiger partial charge in [-0.3, -0.25) is 9.59 Å². The molecule has 0 aromatic rings. The van der Waals surface area contributed by atoms with Gasteiger partial charge in [0.2, 0.25) is 0 Å². The maximum Gasteiger partial charge on any atom is 0.315 e. The number of halogens is 3. The van der Waals surface area contributed by atoms with Gasteiger partial charge in [0.05, 0.1) is 23.9 Å². The molecule has 0 saturated carbocycles. The Kier molecular flexibility index (Phi) is 5.03. The van der Waals surface area contributed by atoms with Gasteiger partial charge in [0.25, 0.3) is 5.91 Å². The molecule has 1 aliphatic rings. The van der Waals surface area contributed by atoms with Gasteiger partial charge < -0.3 is 4.90 Å². The summed E-state index contributed by atoms with van der Waals surface area (Å²) in [6.07, 6.45) is -3.20. The number of carbonyl (C=O) groups excluding carboxylic acids is 2. The number of nitrogens with zero attached hydrogens (tertiary/aromatic N) is 1. The molecule has 0 aliphatic carbocycles. The van der Waals surface area contributed by atoms with Gasteiger partial charge in [-0.15, -0.1) is 11.6 Å². The maximum absolute atomic E-state index is 12.4. The van der Waals surface area contributed by atoms with Crippen LogP contribution in [0.1, 0.15) is 6.42 Å². The predicted octanol–water partition coefficient (Wildman–Crippen LogP) is 0.0751. The second-order valence-electron chi connectivity index (χ2n) is 4.00. The van der Waals surface area contributed by atoms with Gasteiger partial charge in [0.1, 0.15) is 0 Å². The summed E-state index contributed by atoms with van der Waals surface area (Å²) in [6.45, 7) is -0.577. The zero-order chi connectivity index (χ0) is 13.9. The molecule has 1 rings (SSSR count). The summed E-state index contributed by atoms with van der Waals surface area (Å²) in [5.41, 5.74) is 0. The molecule has 0 bridgehead atoms. The number of amides is 1. The lowest BCUT2D eigenvalue weighted by atomic mass is 10.2. The van der Waals surface area contributed by atoms with Crippen LogP contribution in [-0.4, -0.2) is 61.4 Å². The SMILES string of the molecule is O=C(CCl)CN(C(=O)C(F)F)C1CCS(=O)(=O)C1. The average molecular weight is 304 g/mol. The Balaban J connectivity index is 2.84. The van der Waals surface area contributed by atoms with E-state index in [4.69, 9.17) is 11.6 Å². The highest BCUT2D eigenvalue weighted by Crippen LogP contribution is 2.19. The lowest BCUT2D eigenvalue weighted by Crippen LogP contribution is -2.47. The van der Waals surface area contributed by atoms with Crippen LogP contribution in [0.25, 0.3) is 0 Å². The fourth-order valence-electron chi connectivity index (χ4n) is 1.77. The molecule has 18 heavy (non-hydrogen) atoms. The van der Waals surface area contributed by atoms with Crippen LogP contribution in [-0.2, 0) is 19.4 Å². The zero-order valence-electron chi connectivity index (χ0n) is 9.31. The van der Waals surface area contributed by atoms with Crippen LogP contribution in [0.15, 0.2) is 0 Å². The Morgan fingerprint density at radius 2 is 2.00 bits per heavy atom. The zero-order valence-corrected chi connectivity index (χ0v) is 10.9. The first-order chi connectivity index (χ1) is 8.26. The average Bonchev–Trinajstić information content (AvgIpc) is 2.64. The third-order valence-electron chi connectivity index (χ3n) is 2.61. The Labute approximate surface area is 108 Å². The van der Waals surface area contributed by atoms with Crippen molar-refractivity contribution in [1.82, 2.24) is 4.90 Å².